The monoisotopic (exact) mass is 203 g/mol. The van der Waals surface area contributed by atoms with Crippen molar-refractivity contribution in [3.63, 3.8) is 0 Å². The highest BCUT2D eigenvalue weighted by Gasteiger charge is 2.09. The maximum absolute atomic E-state index is 11.4. The van der Waals surface area contributed by atoms with Gasteiger partial charge in [-0.1, -0.05) is 6.92 Å². The molecule has 0 aromatic carbocycles. The molecule has 0 radical (unpaired) electrons. The SMILES string of the molecule is CCC(=O)N(CCCOC)CCOC. The third-order valence-corrected chi connectivity index (χ3v) is 2.00. The molecule has 0 unspecified atom stereocenters. The molecule has 0 aliphatic carbocycles. The lowest BCUT2D eigenvalue weighted by molar-refractivity contribution is -0.131. The number of nitrogens with zero attached hydrogens (tertiary/aromatic N) is 1. The van der Waals surface area contributed by atoms with Crippen molar-refractivity contribution in [2.24, 2.45) is 0 Å². The standard InChI is InChI=1S/C10H21NO3/c1-4-10(12)11(7-9-14-3)6-5-8-13-2/h4-9H2,1-3H3. The van der Waals surface area contributed by atoms with Crippen LogP contribution in [0.25, 0.3) is 0 Å². The molecule has 0 aromatic rings. The summed E-state index contributed by atoms with van der Waals surface area (Å²) in [5.41, 5.74) is 0. The zero-order valence-electron chi connectivity index (χ0n) is 9.41. The minimum atomic E-state index is 0.179. The van der Waals surface area contributed by atoms with Gasteiger partial charge < -0.3 is 14.4 Å². The van der Waals surface area contributed by atoms with E-state index in [-0.39, 0.29) is 5.91 Å². The molecule has 4 heteroatoms. The van der Waals surface area contributed by atoms with E-state index in [1.165, 1.54) is 0 Å². The summed E-state index contributed by atoms with van der Waals surface area (Å²) in [7, 11) is 3.31. The molecule has 0 saturated carbocycles. The molecule has 0 atom stereocenters. The van der Waals surface area contributed by atoms with Crippen LogP contribution in [0.5, 0.6) is 0 Å². The topological polar surface area (TPSA) is 38.8 Å². The van der Waals surface area contributed by atoms with Gasteiger partial charge in [-0.3, -0.25) is 4.79 Å². The van der Waals surface area contributed by atoms with Gasteiger partial charge in [0.1, 0.15) is 0 Å². The van der Waals surface area contributed by atoms with Gasteiger partial charge in [0.25, 0.3) is 0 Å². The van der Waals surface area contributed by atoms with E-state index >= 15 is 0 Å². The van der Waals surface area contributed by atoms with Gasteiger partial charge in [-0.15, -0.1) is 0 Å². The molecular formula is C10H21NO3. The highest BCUT2D eigenvalue weighted by atomic mass is 16.5. The first-order valence-corrected chi connectivity index (χ1v) is 5.01. The van der Waals surface area contributed by atoms with Crippen LogP contribution in [-0.4, -0.2) is 51.3 Å². The number of ether oxygens (including phenoxy) is 2. The Hall–Kier alpha value is -0.610. The van der Waals surface area contributed by atoms with Crippen molar-refractivity contribution in [2.45, 2.75) is 19.8 Å². The average Bonchev–Trinajstić information content (AvgIpc) is 2.22. The van der Waals surface area contributed by atoms with Gasteiger partial charge in [0.15, 0.2) is 0 Å². The van der Waals surface area contributed by atoms with Gasteiger partial charge in [-0.25, -0.2) is 0 Å². The number of amides is 1. The lowest BCUT2D eigenvalue weighted by atomic mass is 10.3. The van der Waals surface area contributed by atoms with Crippen LogP contribution in [-0.2, 0) is 14.3 Å². The van der Waals surface area contributed by atoms with Crippen molar-refractivity contribution in [3.05, 3.63) is 0 Å². The molecule has 0 bridgehead atoms. The molecule has 0 aliphatic rings. The number of hydrogen-bond acceptors (Lipinski definition) is 3. The Kier molecular flexibility index (Phi) is 8.57. The lowest BCUT2D eigenvalue weighted by Crippen LogP contribution is -2.34. The van der Waals surface area contributed by atoms with Crippen molar-refractivity contribution >= 4 is 5.91 Å². The highest BCUT2D eigenvalue weighted by Crippen LogP contribution is 1.96. The molecule has 14 heavy (non-hydrogen) atoms. The van der Waals surface area contributed by atoms with Gasteiger partial charge in [-0.2, -0.15) is 0 Å². The van der Waals surface area contributed by atoms with E-state index < -0.39 is 0 Å². The maximum atomic E-state index is 11.4. The van der Waals surface area contributed by atoms with E-state index in [2.05, 4.69) is 0 Å². The Labute approximate surface area is 86.2 Å². The minimum Gasteiger partial charge on any atom is -0.385 e. The third kappa shape index (κ3) is 5.94. The lowest BCUT2D eigenvalue weighted by Gasteiger charge is -2.21. The first-order valence-electron chi connectivity index (χ1n) is 5.01. The molecule has 0 aliphatic heterocycles. The summed E-state index contributed by atoms with van der Waals surface area (Å²) in [5, 5.41) is 0. The predicted octanol–water partition coefficient (Wildman–Crippen LogP) is 0.908. The molecule has 4 nitrogen and oxygen atoms in total. The van der Waals surface area contributed by atoms with E-state index in [1.807, 2.05) is 11.8 Å². The molecular weight excluding hydrogens is 182 g/mol. The largest absolute Gasteiger partial charge is 0.385 e. The molecule has 0 N–H and O–H groups in total. The van der Waals surface area contributed by atoms with Crippen LogP contribution in [0.4, 0.5) is 0 Å². The first-order chi connectivity index (χ1) is 6.76. The second-order valence-corrected chi connectivity index (χ2v) is 3.07. The number of rotatable bonds is 8. The van der Waals surface area contributed by atoms with Crippen LogP contribution in [0, 0.1) is 0 Å². The zero-order valence-corrected chi connectivity index (χ0v) is 9.41. The van der Waals surface area contributed by atoms with Crippen molar-refractivity contribution in [1.29, 1.82) is 0 Å². The van der Waals surface area contributed by atoms with Gasteiger partial charge in [0, 0.05) is 40.3 Å². The second-order valence-electron chi connectivity index (χ2n) is 3.07. The average molecular weight is 203 g/mol. The quantitative estimate of drug-likeness (QED) is 0.550. The predicted molar refractivity (Wildman–Crippen MR) is 55.2 cm³/mol. The van der Waals surface area contributed by atoms with Crippen LogP contribution in [0.15, 0.2) is 0 Å². The van der Waals surface area contributed by atoms with Crippen molar-refractivity contribution < 1.29 is 14.3 Å². The van der Waals surface area contributed by atoms with Crippen LogP contribution in [0.1, 0.15) is 19.8 Å². The summed E-state index contributed by atoms with van der Waals surface area (Å²) in [4.78, 5) is 13.3. The number of carbonyl (C=O) groups is 1. The van der Waals surface area contributed by atoms with Crippen LogP contribution >= 0.6 is 0 Å². The Morgan fingerprint density at radius 1 is 1.14 bits per heavy atom. The minimum absolute atomic E-state index is 0.179. The van der Waals surface area contributed by atoms with Crippen LogP contribution in [0.2, 0.25) is 0 Å². The Balaban J connectivity index is 3.78. The summed E-state index contributed by atoms with van der Waals surface area (Å²) in [5.74, 6) is 0.179. The van der Waals surface area contributed by atoms with Gasteiger partial charge in [-0.05, 0) is 6.42 Å². The number of carbonyl (C=O) groups excluding carboxylic acids is 1. The summed E-state index contributed by atoms with van der Waals surface area (Å²) < 4.78 is 9.89. The number of methoxy groups -OCH3 is 2. The fourth-order valence-electron chi connectivity index (χ4n) is 1.19. The fourth-order valence-corrected chi connectivity index (χ4v) is 1.19. The smallest absolute Gasteiger partial charge is 0.222 e. The maximum Gasteiger partial charge on any atom is 0.222 e. The second kappa shape index (κ2) is 8.97. The van der Waals surface area contributed by atoms with Crippen molar-refractivity contribution in [2.75, 3.05) is 40.5 Å². The molecule has 0 aromatic heterocycles. The Bertz CT molecular complexity index is 150. The summed E-state index contributed by atoms with van der Waals surface area (Å²) in [6, 6.07) is 0. The Morgan fingerprint density at radius 3 is 2.29 bits per heavy atom. The molecule has 84 valence electrons. The molecule has 0 rings (SSSR count). The van der Waals surface area contributed by atoms with E-state index in [0.717, 1.165) is 13.0 Å². The van der Waals surface area contributed by atoms with Crippen molar-refractivity contribution in [1.82, 2.24) is 4.90 Å². The van der Waals surface area contributed by atoms with Crippen molar-refractivity contribution in [3.8, 4) is 0 Å². The van der Waals surface area contributed by atoms with Crippen LogP contribution < -0.4 is 0 Å². The summed E-state index contributed by atoms with van der Waals surface area (Å²) >= 11 is 0. The highest BCUT2D eigenvalue weighted by molar-refractivity contribution is 5.75. The normalized spacial score (nSPS) is 10.2. The Morgan fingerprint density at radius 2 is 1.79 bits per heavy atom. The third-order valence-electron chi connectivity index (χ3n) is 2.00. The van der Waals surface area contributed by atoms with Gasteiger partial charge in [0.05, 0.1) is 6.61 Å². The van der Waals surface area contributed by atoms with E-state index in [0.29, 0.717) is 26.2 Å². The van der Waals surface area contributed by atoms with Gasteiger partial charge in [0.2, 0.25) is 5.91 Å². The van der Waals surface area contributed by atoms with E-state index in [9.17, 15) is 4.79 Å². The van der Waals surface area contributed by atoms with E-state index in [1.54, 1.807) is 14.2 Å². The van der Waals surface area contributed by atoms with E-state index in [4.69, 9.17) is 9.47 Å². The molecule has 1 amide bonds. The summed E-state index contributed by atoms with van der Waals surface area (Å²) in [6.45, 7) is 4.59. The zero-order chi connectivity index (χ0) is 10.8. The van der Waals surface area contributed by atoms with Crippen LogP contribution in [0.3, 0.4) is 0 Å². The molecule has 0 saturated heterocycles. The molecule has 0 spiro atoms. The molecule has 0 heterocycles. The number of hydrogen-bond donors (Lipinski definition) is 0. The van der Waals surface area contributed by atoms with Gasteiger partial charge >= 0.3 is 0 Å². The molecule has 0 fully saturated rings. The fraction of sp³-hybridized carbons (Fsp3) is 0.900. The first kappa shape index (κ1) is 13.4. The summed E-state index contributed by atoms with van der Waals surface area (Å²) in [6.07, 6.45) is 1.43.